The molecule has 0 saturated carbocycles. The molecule has 0 aliphatic rings. The number of hydrogen-bond acceptors (Lipinski definition) is 3. The number of aromatic nitrogens is 1. The Morgan fingerprint density at radius 1 is 1.50 bits per heavy atom. The molecular formula is C9H16N2S. The van der Waals surface area contributed by atoms with Crippen molar-refractivity contribution < 1.29 is 0 Å². The number of nitrogens with zero attached hydrogens (tertiary/aromatic N) is 1. The van der Waals surface area contributed by atoms with Crippen LogP contribution in [0.1, 0.15) is 31.5 Å². The molecule has 1 rings (SSSR count). The SMILES string of the molecule is CC(C)(C)Cc1csc(CN)n1. The fourth-order valence-electron chi connectivity index (χ4n) is 1.07. The molecule has 0 bridgehead atoms. The molecule has 0 atom stereocenters. The molecular weight excluding hydrogens is 168 g/mol. The standard InChI is InChI=1S/C9H16N2S/c1-9(2,3)4-7-6-12-8(5-10)11-7/h6H,4-5,10H2,1-3H3. The average Bonchev–Trinajstić information content (AvgIpc) is 2.32. The van der Waals surface area contributed by atoms with E-state index in [0.29, 0.717) is 12.0 Å². The molecule has 12 heavy (non-hydrogen) atoms. The normalized spacial score (nSPS) is 12.0. The molecule has 3 heteroatoms. The maximum atomic E-state index is 5.47. The van der Waals surface area contributed by atoms with E-state index in [1.807, 2.05) is 0 Å². The predicted octanol–water partition coefficient (Wildman–Crippen LogP) is 2.19. The fourth-order valence-corrected chi connectivity index (χ4v) is 1.74. The molecule has 0 unspecified atom stereocenters. The molecule has 0 fully saturated rings. The molecule has 68 valence electrons. The van der Waals surface area contributed by atoms with Crippen LogP contribution in [0, 0.1) is 5.41 Å². The summed E-state index contributed by atoms with van der Waals surface area (Å²) < 4.78 is 0. The van der Waals surface area contributed by atoms with Crippen LogP contribution in [0.5, 0.6) is 0 Å². The van der Waals surface area contributed by atoms with Crippen LogP contribution in [-0.4, -0.2) is 4.98 Å². The first-order valence-corrected chi connectivity index (χ1v) is 5.02. The van der Waals surface area contributed by atoms with Gasteiger partial charge in [0.1, 0.15) is 5.01 Å². The van der Waals surface area contributed by atoms with E-state index in [4.69, 9.17) is 5.73 Å². The van der Waals surface area contributed by atoms with Crippen LogP contribution in [0.15, 0.2) is 5.38 Å². The van der Waals surface area contributed by atoms with Gasteiger partial charge < -0.3 is 5.73 Å². The van der Waals surface area contributed by atoms with E-state index in [2.05, 4.69) is 31.1 Å². The Morgan fingerprint density at radius 3 is 2.58 bits per heavy atom. The van der Waals surface area contributed by atoms with Crippen LogP contribution in [-0.2, 0) is 13.0 Å². The molecule has 0 aliphatic heterocycles. The van der Waals surface area contributed by atoms with Crippen molar-refractivity contribution in [3.63, 3.8) is 0 Å². The summed E-state index contributed by atoms with van der Waals surface area (Å²) in [5.41, 5.74) is 6.97. The van der Waals surface area contributed by atoms with Crippen LogP contribution in [0.4, 0.5) is 0 Å². The van der Waals surface area contributed by atoms with Crippen molar-refractivity contribution >= 4 is 11.3 Å². The first-order chi connectivity index (χ1) is 5.51. The van der Waals surface area contributed by atoms with Crippen LogP contribution in [0.2, 0.25) is 0 Å². The van der Waals surface area contributed by atoms with Gasteiger partial charge in [-0.05, 0) is 11.8 Å². The summed E-state index contributed by atoms with van der Waals surface area (Å²) in [6.45, 7) is 7.21. The average molecular weight is 184 g/mol. The minimum absolute atomic E-state index is 0.319. The van der Waals surface area contributed by atoms with E-state index < -0.39 is 0 Å². The first-order valence-electron chi connectivity index (χ1n) is 4.14. The Morgan fingerprint density at radius 2 is 2.17 bits per heavy atom. The quantitative estimate of drug-likeness (QED) is 0.765. The van der Waals surface area contributed by atoms with E-state index in [-0.39, 0.29) is 0 Å². The molecule has 0 amide bonds. The molecule has 0 spiro atoms. The second-order valence-electron chi connectivity index (χ2n) is 4.17. The van der Waals surface area contributed by atoms with Gasteiger partial charge in [0.15, 0.2) is 0 Å². The smallest absolute Gasteiger partial charge is 0.106 e. The predicted molar refractivity (Wildman–Crippen MR) is 53.2 cm³/mol. The highest BCUT2D eigenvalue weighted by Gasteiger charge is 2.13. The summed E-state index contributed by atoms with van der Waals surface area (Å²) in [6, 6.07) is 0. The summed E-state index contributed by atoms with van der Waals surface area (Å²) >= 11 is 1.65. The van der Waals surface area contributed by atoms with E-state index >= 15 is 0 Å². The Labute approximate surface area is 77.8 Å². The lowest BCUT2D eigenvalue weighted by molar-refractivity contribution is 0.407. The van der Waals surface area contributed by atoms with Crippen molar-refractivity contribution in [1.29, 1.82) is 0 Å². The van der Waals surface area contributed by atoms with Crippen molar-refractivity contribution in [3.05, 3.63) is 16.1 Å². The van der Waals surface area contributed by atoms with Gasteiger partial charge in [-0.1, -0.05) is 20.8 Å². The fraction of sp³-hybridized carbons (Fsp3) is 0.667. The van der Waals surface area contributed by atoms with Gasteiger partial charge in [-0.25, -0.2) is 4.98 Å². The minimum atomic E-state index is 0.319. The van der Waals surface area contributed by atoms with Crippen molar-refractivity contribution in [1.82, 2.24) is 4.98 Å². The zero-order valence-corrected chi connectivity index (χ0v) is 8.74. The van der Waals surface area contributed by atoms with Gasteiger partial charge in [-0.2, -0.15) is 0 Å². The van der Waals surface area contributed by atoms with Gasteiger partial charge in [-0.3, -0.25) is 0 Å². The zero-order chi connectivity index (χ0) is 9.19. The Balaban J connectivity index is 2.64. The lowest BCUT2D eigenvalue weighted by atomic mass is 9.91. The lowest BCUT2D eigenvalue weighted by Crippen LogP contribution is -2.09. The second-order valence-corrected chi connectivity index (χ2v) is 5.12. The highest BCUT2D eigenvalue weighted by atomic mass is 32.1. The maximum absolute atomic E-state index is 5.47. The number of nitrogens with two attached hydrogens (primary N) is 1. The first kappa shape index (κ1) is 9.68. The molecule has 1 aromatic rings. The van der Waals surface area contributed by atoms with E-state index in [1.165, 1.54) is 5.69 Å². The lowest BCUT2D eigenvalue weighted by Gasteiger charge is -2.15. The van der Waals surface area contributed by atoms with E-state index in [0.717, 1.165) is 11.4 Å². The van der Waals surface area contributed by atoms with E-state index in [9.17, 15) is 0 Å². The molecule has 0 saturated heterocycles. The van der Waals surface area contributed by atoms with Crippen LogP contribution in [0.25, 0.3) is 0 Å². The summed E-state index contributed by atoms with van der Waals surface area (Å²) in [5.74, 6) is 0. The zero-order valence-electron chi connectivity index (χ0n) is 7.92. The van der Waals surface area contributed by atoms with Crippen LogP contribution >= 0.6 is 11.3 Å². The molecule has 2 N–H and O–H groups in total. The van der Waals surface area contributed by atoms with Gasteiger partial charge in [0.2, 0.25) is 0 Å². The third-order valence-corrected chi connectivity index (χ3v) is 2.41. The maximum Gasteiger partial charge on any atom is 0.106 e. The Kier molecular flexibility index (Phi) is 2.85. The third-order valence-electron chi connectivity index (χ3n) is 1.49. The molecule has 1 heterocycles. The van der Waals surface area contributed by atoms with E-state index in [1.54, 1.807) is 11.3 Å². The van der Waals surface area contributed by atoms with Gasteiger partial charge in [-0.15, -0.1) is 11.3 Å². The largest absolute Gasteiger partial charge is 0.325 e. The highest BCUT2D eigenvalue weighted by molar-refractivity contribution is 7.09. The summed E-state index contributed by atoms with van der Waals surface area (Å²) in [7, 11) is 0. The van der Waals surface area contributed by atoms with Gasteiger partial charge in [0.05, 0.1) is 5.69 Å². The Hall–Kier alpha value is -0.410. The van der Waals surface area contributed by atoms with Crippen LogP contribution < -0.4 is 5.73 Å². The molecule has 0 aromatic carbocycles. The number of thiazole rings is 1. The van der Waals surface area contributed by atoms with Gasteiger partial charge in [0.25, 0.3) is 0 Å². The number of hydrogen-bond donors (Lipinski definition) is 1. The van der Waals surface area contributed by atoms with Crippen molar-refractivity contribution in [2.24, 2.45) is 11.1 Å². The summed E-state index contributed by atoms with van der Waals surface area (Å²) in [6.07, 6.45) is 1.03. The van der Waals surface area contributed by atoms with Crippen molar-refractivity contribution in [2.45, 2.75) is 33.7 Å². The number of rotatable bonds is 2. The minimum Gasteiger partial charge on any atom is -0.325 e. The van der Waals surface area contributed by atoms with Gasteiger partial charge >= 0.3 is 0 Å². The second kappa shape index (κ2) is 3.54. The molecule has 0 aliphatic carbocycles. The molecule has 0 radical (unpaired) electrons. The molecule has 2 nitrogen and oxygen atoms in total. The van der Waals surface area contributed by atoms with Crippen molar-refractivity contribution in [3.8, 4) is 0 Å². The summed E-state index contributed by atoms with van der Waals surface area (Å²) in [4.78, 5) is 4.41. The van der Waals surface area contributed by atoms with Crippen molar-refractivity contribution in [2.75, 3.05) is 0 Å². The third kappa shape index (κ3) is 2.91. The Bertz CT molecular complexity index is 247. The molecule has 1 aromatic heterocycles. The monoisotopic (exact) mass is 184 g/mol. The van der Waals surface area contributed by atoms with Gasteiger partial charge in [0, 0.05) is 11.9 Å². The summed E-state index contributed by atoms with van der Waals surface area (Å²) in [5, 5.41) is 3.14. The highest BCUT2D eigenvalue weighted by Crippen LogP contribution is 2.21. The van der Waals surface area contributed by atoms with Crippen LogP contribution in [0.3, 0.4) is 0 Å². The topological polar surface area (TPSA) is 38.9 Å².